The lowest BCUT2D eigenvalue weighted by Crippen LogP contribution is -1.97. The summed E-state index contributed by atoms with van der Waals surface area (Å²) in [5.41, 5.74) is 0.0574. The first-order valence-electron chi connectivity index (χ1n) is 7.01. The predicted molar refractivity (Wildman–Crippen MR) is 94.0 cm³/mol. The first kappa shape index (κ1) is 18.5. The molecule has 9 nitrogen and oxygen atoms in total. The van der Waals surface area contributed by atoms with Crippen molar-refractivity contribution in [1.82, 2.24) is 0 Å². The highest BCUT2D eigenvalue weighted by Gasteiger charge is 2.18. The maximum Gasteiger partial charge on any atom is 0.294 e. The molecule has 136 valence electrons. The second-order valence-electron chi connectivity index (χ2n) is 5.11. The van der Waals surface area contributed by atoms with Crippen LogP contribution in [0.4, 0.5) is 5.69 Å². The average molecular weight is 396 g/mol. The van der Waals surface area contributed by atoms with Gasteiger partial charge in [-0.1, -0.05) is 17.2 Å². The molecule has 0 aliphatic heterocycles. The van der Waals surface area contributed by atoms with Gasteiger partial charge >= 0.3 is 0 Å². The van der Waals surface area contributed by atoms with Crippen molar-refractivity contribution in [2.24, 2.45) is 10.2 Å². The molecule has 0 aliphatic carbocycles. The minimum atomic E-state index is -4.42. The summed E-state index contributed by atoms with van der Waals surface area (Å²) in [6.45, 7) is 0. The Morgan fingerprint density at radius 3 is 2.38 bits per heavy atom. The van der Waals surface area contributed by atoms with Gasteiger partial charge in [-0.2, -0.15) is 18.6 Å². The molecule has 0 heterocycles. The normalized spacial score (nSPS) is 12.4. The van der Waals surface area contributed by atoms with E-state index in [1.165, 1.54) is 25.2 Å². The summed E-state index contributed by atoms with van der Waals surface area (Å²) in [6, 6.07) is 8.91. The van der Waals surface area contributed by atoms with E-state index in [0.29, 0.717) is 26.4 Å². The molecule has 0 saturated carbocycles. The standard InChI is InChI=1S/C15H12N2O7S2/c1-16-17-14-12-7-9(26(20,21)22)3-5-10(12)11-4-2-8(25-24-23-19)6-13(11)15(14)18/h2-7,18-19H,1H3,(H,20,21,22). The molecular weight excluding hydrogens is 384 g/mol. The number of benzene rings is 3. The predicted octanol–water partition coefficient (Wildman–Crippen LogP) is 4.09. The highest BCUT2D eigenvalue weighted by atomic mass is 32.2. The Hall–Kier alpha value is -2.28. The molecule has 0 aliphatic rings. The van der Waals surface area contributed by atoms with Gasteiger partial charge < -0.3 is 5.11 Å². The van der Waals surface area contributed by atoms with Gasteiger partial charge in [0.1, 0.15) is 5.69 Å². The maximum atomic E-state index is 11.4. The van der Waals surface area contributed by atoms with E-state index in [1.807, 2.05) is 0 Å². The topological polar surface area (TPSA) is 138 Å². The number of phenolic OH excluding ortho intramolecular Hbond substituents is 1. The van der Waals surface area contributed by atoms with Gasteiger partial charge in [-0.25, -0.2) is 5.26 Å². The van der Waals surface area contributed by atoms with Crippen LogP contribution in [0.1, 0.15) is 0 Å². The van der Waals surface area contributed by atoms with Crippen molar-refractivity contribution < 1.29 is 32.7 Å². The molecule has 11 heteroatoms. The molecule has 0 spiro atoms. The van der Waals surface area contributed by atoms with Crippen LogP contribution in [0, 0.1) is 0 Å². The molecule has 0 aromatic heterocycles. The van der Waals surface area contributed by atoms with Gasteiger partial charge in [0.05, 0.1) is 16.9 Å². The van der Waals surface area contributed by atoms with Crippen LogP contribution >= 0.6 is 12.0 Å². The lowest BCUT2D eigenvalue weighted by atomic mass is 9.99. The number of rotatable bonds is 5. The first-order valence-corrected chi connectivity index (χ1v) is 9.19. The molecule has 0 atom stereocenters. The Kier molecular flexibility index (Phi) is 5.09. The molecule has 3 rings (SSSR count). The summed E-state index contributed by atoms with van der Waals surface area (Å²) in [5.74, 6) is -0.224. The van der Waals surface area contributed by atoms with E-state index in [1.54, 1.807) is 18.2 Å². The summed E-state index contributed by atoms with van der Waals surface area (Å²) in [5, 5.41) is 31.9. The summed E-state index contributed by atoms with van der Waals surface area (Å²) in [4.78, 5) is 0.201. The SMILES string of the molecule is CN=Nc1c(O)c2cc(SOOO)ccc2c2ccc(S(=O)(=O)O)cc12. The fraction of sp³-hybridized carbons (Fsp3) is 0.0667. The van der Waals surface area contributed by atoms with Crippen LogP contribution in [0.5, 0.6) is 5.75 Å². The van der Waals surface area contributed by atoms with Crippen molar-refractivity contribution in [2.75, 3.05) is 7.05 Å². The van der Waals surface area contributed by atoms with Gasteiger partial charge in [-0.05, 0) is 35.0 Å². The van der Waals surface area contributed by atoms with E-state index < -0.39 is 10.1 Å². The molecule has 0 fully saturated rings. The van der Waals surface area contributed by atoms with Gasteiger partial charge in [-0.3, -0.25) is 4.55 Å². The van der Waals surface area contributed by atoms with Gasteiger partial charge in [0, 0.05) is 22.7 Å². The molecule has 3 aromatic carbocycles. The molecule has 3 aromatic rings. The van der Waals surface area contributed by atoms with Crippen molar-refractivity contribution in [3.8, 4) is 5.75 Å². The third kappa shape index (κ3) is 3.35. The molecule has 3 N–H and O–H groups in total. The summed E-state index contributed by atoms with van der Waals surface area (Å²) in [7, 11) is -3.02. The van der Waals surface area contributed by atoms with Gasteiger partial charge in [0.15, 0.2) is 5.75 Å². The largest absolute Gasteiger partial charge is 0.505 e. The molecule has 0 saturated heterocycles. The third-order valence-corrected chi connectivity index (χ3v) is 5.09. The Morgan fingerprint density at radius 1 is 1.04 bits per heavy atom. The van der Waals surface area contributed by atoms with Crippen molar-refractivity contribution in [2.45, 2.75) is 9.79 Å². The van der Waals surface area contributed by atoms with E-state index in [0.717, 1.165) is 12.0 Å². The van der Waals surface area contributed by atoms with Crippen molar-refractivity contribution in [1.29, 1.82) is 0 Å². The Morgan fingerprint density at radius 2 is 1.73 bits per heavy atom. The number of hydrogen-bond donors (Lipinski definition) is 3. The molecule has 0 radical (unpaired) electrons. The van der Waals surface area contributed by atoms with E-state index >= 15 is 0 Å². The van der Waals surface area contributed by atoms with Crippen LogP contribution in [0.25, 0.3) is 21.5 Å². The highest BCUT2D eigenvalue weighted by Crippen LogP contribution is 2.44. The smallest absolute Gasteiger partial charge is 0.294 e. The highest BCUT2D eigenvalue weighted by molar-refractivity contribution is 7.94. The zero-order chi connectivity index (χ0) is 18.9. The van der Waals surface area contributed by atoms with Crippen LogP contribution in [0.3, 0.4) is 0 Å². The third-order valence-electron chi connectivity index (χ3n) is 3.67. The Balaban J connectivity index is 2.39. The van der Waals surface area contributed by atoms with E-state index in [4.69, 9.17) is 5.26 Å². The minimum absolute atomic E-state index is 0.0574. The average Bonchev–Trinajstić information content (AvgIpc) is 2.62. The van der Waals surface area contributed by atoms with Gasteiger partial charge in [-0.15, -0.1) is 4.33 Å². The number of fused-ring (bicyclic) bond motifs is 3. The monoisotopic (exact) mass is 396 g/mol. The number of nitrogens with zero attached hydrogens (tertiary/aromatic N) is 2. The second-order valence-corrected chi connectivity index (χ2v) is 7.31. The van der Waals surface area contributed by atoms with Crippen molar-refractivity contribution in [3.63, 3.8) is 0 Å². The molecule has 26 heavy (non-hydrogen) atoms. The van der Waals surface area contributed by atoms with Gasteiger partial charge in [0.25, 0.3) is 10.1 Å². The Labute approximate surface area is 151 Å². The maximum absolute atomic E-state index is 11.4. The minimum Gasteiger partial charge on any atom is -0.505 e. The van der Waals surface area contributed by atoms with Crippen LogP contribution in [-0.4, -0.2) is 30.4 Å². The van der Waals surface area contributed by atoms with Crippen LogP contribution in [0.15, 0.2) is 56.4 Å². The number of phenols is 1. The molecule has 0 unspecified atom stereocenters. The lowest BCUT2D eigenvalue weighted by Gasteiger charge is -2.12. The van der Waals surface area contributed by atoms with Crippen molar-refractivity contribution >= 4 is 49.4 Å². The fourth-order valence-corrected chi connectivity index (χ4v) is 3.54. The fourth-order valence-electron chi connectivity index (χ4n) is 2.63. The van der Waals surface area contributed by atoms with Crippen LogP contribution in [-0.2, 0) is 19.5 Å². The number of aromatic hydroxyl groups is 1. The molecular formula is C15H12N2O7S2. The van der Waals surface area contributed by atoms with E-state index in [2.05, 4.69) is 19.6 Å². The second kappa shape index (κ2) is 7.15. The van der Waals surface area contributed by atoms with Crippen LogP contribution in [0.2, 0.25) is 0 Å². The van der Waals surface area contributed by atoms with E-state index in [9.17, 15) is 18.1 Å². The molecule has 0 amide bonds. The zero-order valence-corrected chi connectivity index (χ0v) is 14.8. The Bertz CT molecular complexity index is 1130. The molecule has 0 bridgehead atoms. The quantitative estimate of drug-likeness (QED) is 0.146. The lowest BCUT2D eigenvalue weighted by molar-refractivity contribution is -0.432. The zero-order valence-electron chi connectivity index (χ0n) is 13.1. The van der Waals surface area contributed by atoms with Crippen LogP contribution < -0.4 is 0 Å². The van der Waals surface area contributed by atoms with Gasteiger partial charge in [0.2, 0.25) is 0 Å². The first-order chi connectivity index (χ1) is 12.4. The number of hydrogen-bond acceptors (Lipinski definition) is 9. The number of azo groups is 1. The summed E-state index contributed by atoms with van der Waals surface area (Å²) in [6.07, 6.45) is 0. The summed E-state index contributed by atoms with van der Waals surface area (Å²) < 4.78 is 36.5. The van der Waals surface area contributed by atoms with E-state index in [-0.39, 0.29) is 16.3 Å². The summed E-state index contributed by atoms with van der Waals surface area (Å²) >= 11 is 0.725. The van der Waals surface area contributed by atoms with Crippen molar-refractivity contribution in [3.05, 3.63) is 36.4 Å².